The molecular formula is C14H29NO. The number of allylic oxidation sites excluding steroid dienone is 1. The number of rotatable bonds is 12. The Labute approximate surface area is 101 Å². The Morgan fingerprint density at radius 1 is 1.12 bits per heavy atom. The highest BCUT2D eigenvalue weighted by Gasteiger charge is 1.93. The minimum atomic E-state index is 0.758. The van der Waals surface area contributed by atoms with Crippen LogP contribution < -0.4 is 5.32 Å². The number of hydrogen-bond acceptors (Lipinski definition) is 2. The summed E-state index contributed by atoms with van der Waals surface area (Å²) in [5.74, 6) is 0.758. The third-order valence-electron chi connectivity index (χ3n) is 2.39. The summed E-state index contributed by atoms with van der Waals surface area (Å²) in [7, 11) is 0. The largest absolute Gasteiger partial charge is 0.381 e. The van der Waals surface area contributed by atoms with Crippen molar-refractivity contribution < 1.29 is 4.74 Å². The third-order valence-corrected chi connectivity index (χ3v) is 2.39. The van der Waals surface area contributed by atoms with Crippen LogP contribution in [0, 0.1) is 5.92 Å². The Kier molecular flexibility index (Phi) is 12.5. The molecule has 0 unspecified atom stereocenters. The van der Waals surface area contributed by atoms with E-state index in [1.807, 2.05) is 6.08 Å². The molecule has 2 nitrogen and oxygen atoms in total. The van der Waals surface area contributed by atoms with E-state index < -0.39 is 0 Å². The van der Waals surface area contributed by atoms with Gasteiger partial charge < -0.3 is 10.1 Å². The zero-order chi connectivity index (χ0) is 12.1. The standard InChI is InChI=1S/C14H29NO/c1-4-5-8-11-16-12-9-6-7-10-15-13-14(2)3/h4,14-15H,1,5-13H2,2-3H3. The van der Waals surface area contributed by atoms with Crippen molar-refractivity contribution >= 4 is 0 Å². The highest BCUT2D eigenvalue weighted by molar-refractivity contribution is 4.64. The van der Waals surface area contributed by atoms with Gasteiger partial charge in [-0.25, -0.2) is 0 Å². The van der Waals surface area contributed by atoms with Crippen LogP contribution in [-0.2, 0) is 4.74 Å². The van der Waals surface area contributed by atoms with Gasteiger partial charge in [-0.15, -0.1) is 6.58 Å². The molecule has 0 aliphatic rings. The molecule has 0 fully saturated rings. The number of ether oxygens (including phenoxy) is 1. The molecule has 2 heteroatoms. The summed E-state index contributed by atoms with van der Waals surface area (Å²) in [6.07, 6.45) is 7.86. The Morgan fingerprint density at radius 2 is 1.88 bits per heavy atom. The van der Waals surface area contributed by atoms with Gasteiger partial charge in [-0.3, -0.25) is 0 Å². The number of hydrogen-bond donors (Lipinski definition) is 1. The maximum Gasteiger partial charge on any atom is 0.0468 e. The lowest BCUT2D eigenvalue weighted by Gasteiger charge is -2.07. The van der Waals surface area contributed by atoms with Crippen molar-refractivity contribution in [2.45, 2.75) is 46.0 Å². The van der Waals surface area contributed by atoms with Gasteiger partial charge in [0, 0.05) is 13.2 Å². The second-order valence-corrected chi connectivity index (χ2v) is 4.70. The lowest BCUT2D eigenvalue weighted by Crippen LogP contribution is -2.20. The van der Waals surface area contributed by atoms with E-state index in [0.717, 1.165) is 45.1 Å². The molecular weight excluding hydrogens is 198 g/mol. The molecule has 0 heterocycles. The topological polar surface area (TPSA) is 21.3 Å². The van der Waals surface area contributed by atoms with Gasteiger partial charge >= 0.3 is 0 Å². The molecule has 0 aliphatic heterocycles. The molecule has 0 spiro atoms. The fourth-order valence-corrected chi connectivity index (χ4v) is 1.45. The van der Waals surface area contributed by atoms with Crippen LogP contribution in [0.3, 0.4) is 0 Å². The molecule has 0 atom stereocenters. The summed E-state index contributed by atoms with van der Waals surface area (Å²) in [6.45, 7) is 12.3. The van der Waals surface area contributed by atoms with E-state index in [-0.39, 0.29) is 0 Å². The van der Waals surface area contributed by atoms with Gasteiger partial charge in [0.25, 0.3) is 0 Å². The van der Waals surface area contributed by atoms with Crippen LogP contribution in [0.4, 0.5) is 0 Å². The molecule has 0 aromatic carbocycles. The van der Waals surface area contributed by atoms with Crippen LogP contribution in [0.25, 0.3) is 0 Å². The fourth-order valence-electron chi connectivity index (χ4n) is 1.45. The Morgan fingerprint density at radius 3 is 2.56 bits per heavy atom. The van der Waals surface area contributed by atoms with Crippen molar-refractivity contribution in [3.05, 3.63) is 12.7 Å². The first-order valence-corrected chi connectivity index (χ1v) is 6.66. The van der Waals surface area contributed by atoms with Gasteiger partial charge in [-0.2, -0.15) is 0 Å². The highest BCUT2D eigenvalue weighted by Crippen LogP contribution is 1.97. The van der Waals surface area contributed by atoms with E-state index in [2.05, 4.69) is 25.7 Å². The molecule has 0 aromatic heterocycles. The maximum atomic E-state index is 5.51. The second kappa shape index (κ2) is 12.7. The Balaban J connectivity index is 2.90. The Hall–Kier alpha value is -0.340. The minimum absolute atomic E-state index is 0.758. The molecule has 0 bridgehead atoms. The lowest BCUT2D eigenvalue weighted by atomic mass is 10.2. The zero-order valence-corrected chi connectivity index (χ0v) is 11.1. The van der Waals surface area contributed by atoms with Gasteiger partial charge in [-0.05, 0) is 51.1 Å². The van der Waals surface area contributed by atoms with E-state index in [1.165, 1.54) is 19.3 Å². The molecule has 0 saturated heterocycles. The number of unbranched alkanes of at least 4 members (excludes halogenated alkanes) is 3. The van der Waals surface area contributed by atoms with Gasteiger partial charge in [0.15, 0.2) is 0 Å². The van der Waals surface area contributed by atoms with Gasteiger partial charge in [0.2, 0.25) is 0 Å². The predicted molar refractivity (Wildman–Crippen MR) is 71.8 cm³/mol. The zero-order valence-electron chi connectivity index (χ0n) is 11.1. The molecule has 0 rings (SSSR count). The molecule has 0 amide bonds. The van der Waals surface area contributed by atoms with Gasteiger partial charge in [-0.1, -0.05) is 19.9 Å². The smallest absolute Gasteiger partial charge is 0.0468 e. The van der Waals surface area contributed by atoms with Crippen LogP contribution in [0.1, 0.15) is 46.0 Å². The second-order valence-electron chi connectivity index (χ2n) is 4.70. The fraction of sp³-hybridized carbons (Fsp3) is 0.857. The van der Waals surface area contributed by atoms with Gasteiger partial charge in [0.05, 0.1) is 0 Å². The van der Waals surface area contributed by atoms with Gasteiger partial charge in [0.1, 0.15) is 0 Å². The van der Waals surface area contributed by atoms with E-state index in [0.29, 0.717) is 0 Å². The minimum Gasteiger partial charge on any atom is -0.381 e. The third kappa shape index (κ3) is 13.7. The summed E-state index contributed by atoms with van der Waals surface area (Å²) < 4.78 is 5.51. The number of nitrogens with one attached hydrogen (secondary N) is 1. The first-order valence-electron chi connectivity index (χ1n) is 6.66. The normalized spacial score (nSPS) is 10.9. The molecule has 1 N–H and O–H groups in total. The summed E-state index contributed by atoms with van der Waals surface area (Å²) >= 11 is 0. The molecule has 0 saturated carbocycles. The van der Waals surface area contributed by atoms with E-state index >= 15 is 0 Å². The van der Waals surface area contributed by atoms with Crippen LogP contribution in [0.2, 0.25) is 0 Å². The van der Waals surface area contributed by atoms with Crippen molar-refractivity contribution in [3.8, 4) is 0 Å². The molecule has 96 valence electrons. The average molecular weight is 227 g/mol. The Bertz CT molecular complexity index is 146. The lowest BCUT2D eigenvalue weighted by molar-refractivity contribution is 0.128. The van der Waals surface area contributed by atoms with Crippen LogP contribution >= 0.6 is 0 Å². The maximum absolute atomic E-state index is 5.51. The van der Waals surface area contributed by atoms with Crippen molar-refractivity contribution in [1.29, 1.82) is 0 Å². The average Bonchev–Trinajstić information content (AvgIpc) is 2.25. The van der Waals surface area contributed by atoms with Crippen molar-refractivity contribution in [2.75, 3.05) is 26.3 Å². The summed E-state index contributed by atoms with van der Waals surface area (Å²) in [5, 5.41) is 3.45. The highest BCUT2D eigenvalue weighted by atomic mass is 16.5. The predicted octanol–water partition coefficient (Wildman–Crippen LogP) is 3.39. The summed E-state index contributed by atoms with van der Waals surface area (Å²) in [4.78, 5) is 0. The molecule has 0 aromatic rings. The molecule has 16 heavy (non-hydrogen) atoms. The van der Waals surface area contributed by atoms with E-state index in [9.17, 15) is 0 Å². The summed E-state index contributed by atoms with van der Waals surface area (Å²) in [5.41, 5.74) is 0. The van der Waals surface area contributed by atoms with E-state index in [1.54, 1.807) is 0 Å². The van der Waals surface area contributed by atoms with Crippen LogP contribution in [0.5, 0.6) is 0 Å². The first kappa shape index (κ1) is 15.7. The van der Waals surface area contributed by atoms with E-state index in [4.69, 9.17) is 4.74 Å². The van der Waals surface area contributed by atoms with Crippen LogP contribution in [-0.4, -0.2) is 26.3 Å². The monoisotopic (exact) mass is 227 g/mol. The summed E-state index contributed by atoms with van der Waals surface area (Å²) in [6, 6.07) is 0. The molecule has 0 radical (unpaired) electrons. The first-order chi connectivity index (χ1) is 7.77. The molecule has 0 aliphatic carbocycles. The van der Waals surface area contributed by atoms with Crippen molar-refractivity contribution in [3.63, 3.8) is 0 Å². The van der Waals surface area contributed by atoms with Crippen LogP contribution in [0.15, 0.2) is 12.7 Å². The SMILES string of the molecule is C=CCCCOCCCCCNCC(C)C. The van der Waals surface area contributed by atoms with Crippen molar-refractivity contribution in [2.24, 2.45) is 5.92 Å². The quantitative estimate of drug-likeness (QED) is 0.407. The van der Waals surface area contributed by atoms with Crippen molar-refractivity contribution in [1.82, 2.24) is 5.32 Å².